The molecule has 3 heterocycles. The second kappa shape index (κ2) is 4.79. The number of carbonyl (C=O) groups excluding carboxylic acids is 3. The quantitative estimate of drug-likeness (QED) is 0.801. The van der Waals surface area contributed by atoms with Crippen LogP contribution >= 0.6 is 0 Å². The van der Waals surface area contributed by atoms with Gasteiger partial charge in [0.25, 0.3) is 0 Å². The van der Waals surface area contributed by atoms with Crippen LogP contribution in [-0.4, -0.2) is 28.5 Å². The van der Waals surface area contributed by atoms with Crippen molar-refractivity contribution in [2.75, 3.05) is 0 Å². The molecule has 0 bridgehead atoms. The first-order valence-electron chi connectivity index (χ1n) is 8.24. The van der Waals surface area contributed by atoms with Crippen molar-refractivity contribution < 1.29 is 14.4 Å². The Labute approximate surface area is 140 Å². The van der Waals surface area contributed by atoms with Gasteiger partial charge in [0.15, 0.2) is 5.78 Å². The highest BCUT2D eigenvalue weighted by atomic mass is 16.2. The number of rotatable bonds is 1. The maximum Gasteiger partial charge on any atom is 0.233 e. The monoisotopic (exact) mass is 324 g/mol. The number of benzene rings is 1. The van der Waals surface area contributed by atoms with E-state index in [2.05, 4.69) is 5.32 Å². The number of nitrogens with zero attached hydrogens (tertiary/aromatic N) is 1. The summed E-state index contributed by atoms with van der Waals surface area (Å²) in [6, 6.07) is 6.98. The average molecular weight is 324 g/mol. The van der Waals surface area contributed by atoms with Crippen LogP contribution in [0.3, 0.4) is 0 Å². The summed E-state index contributed by atoms with van der Waals surface area (Å²) in [7, 11) is 0. The Bertz CT molecular complexity index is 790. The number of carbonyl (C=O) groups is 3. The summed E-state index contributed by atoms with van der Waals surface area (Å²) < 4.78 is 0. The molecule has 1 N–H and O–H groups in total. The standard InChI is InChI=1S/C19H20N2O3/c1-19(2,3)16(22)15-13-12(17(23)20-18(13)24)14-11-7-5-4-6-10(11)8-9-21(14)15/h4-9,12-15H,1-3H3,(H,20,23,24)/t12-,13+,14+,15+/m0/s1. The van der Waals surface area contributed by atoms with Crippen LogP contribution < -0.4 is 5.32 Å². The maximum atomic E-state index is 13.1. The number of Topliss-reactive ketones (excluding diaryl/α,β-unsaturated/α-hetero) is 1. The summed E-state index contributed by atoms with van der Waals surface area (Å²) in [4.78, 5) is 39.9. The third kappa shape index (κ3) is 1.90. The summed E-state index contributed by atoms with van der Waals surface area (Å²) in [6.07, 6.45) is 3.83. The van der Waals surface area contributed by atoms with Crippen molar-refractivity contribution in [1.82, 2.24) is 10.2 Å². The van der Waals surface area contributed by atoms with Crippen LogP contribution in [-0.2, 0) is 14.4 Å². The number of amides is 2. The summed E-state index contributed by atoms with van der Waals surface area (Å²) in [5.41, 5.74) is 1.46. The minimum atomic E-state index is -0.620. The lowest BCUT2D eigenvalue weighted by Gasteiger charge is -2.36. The molecule has 1 aromatic rings. The van der Waals surface area contributed by atoms with E-state index in [9.17, 15) is 14.4 Å². The van der Waals surface area contributed by atoms with Crippen molar-refractivity contribution in [3.63, 3.8) is 0 Å². The molecule has 1 aromatic carbocycles. The molecule has 2 fully saturated rings. The van der Waals surface area contributed by atoms with Gasteiger partial charge in [0.2, 0.25) is 11.8 Å². The second-order valence-electron chi connectivity index (χ2n) is 7.80. The first-order valence-corrected chi connectivity index (χ1v) is 8.24. The van der Waals surface area contributed by atoms with Gasteiger partial charge in [0, 0.05) is 11.6 Å². The van der Waals surface area contributed by atoms with Crippen LogP contribution in [0.5, 0.6) is 0 Å². The zero-order chi connectivity index (χ0) is 17.2. The van der Waals surface area contributed by atoms with Crippen LogP contribution in [0.15, 0.2) is 30.5 Å². The van der Waals surface area contributed by atoms with Crippen molar-refractivity contribution in [2.45, 2.75) is 32.9 Å². The minimum Gasteiger partial charge on any atom is -0.359 e. The van der Waals surface area contributed by atoms with E-state index in [-0.39, 0.29) is 23.6 Å². The average Bonchev–Trinajstić information content (AvgIpc) is 3.01. The fraction of sp³-hybridized carbons (Fsp3) is 0.421. The second-order valence-corrected chi connectivity index (χ2v) is 7.80. The molecule has 24 heavy (non-hydrogen) atoms. The van der Waals surface area contributed by atoms with Crippen LogP contribution in [0, 0.1) is 17.3 Å². The summed E-state index contributed by atoms with van der Waals surface area (Å²) in [5.74, 6) is -1.74. The predicted octanol–water partition coefficient (Wildman–Crippen LogP) is 1.90. The van der Waals surface area contributed by atoms with Gasteiger partial charge < -0.3 is 4.90 Å². The fourth-order valence-corrected chi connectivity index (χ4v) is 4.22. The van der Waals surface area contributed by atoms with Crippen molar-refractivity contribution >= 4 is 23.7 Å². The maximum absolute atomic E-state index is 13.1. The molecular formula is C19H20N2O3. The van der Waals surface area contributed by atoms with E-state index in [1.807, 2.05) is 62.2 Å². The molecule has 0 unspecified atom stereocenters. The van der Waals surface area contributed by atoms with Crippen LogP contribution in [0.4, 0.5) is 0 Å². The van der Waals surface area contributed by atoms with Crippen LogP contribution in [0.25, 0.3) is 6.08 Å². The lowest BCUT2D eigenvalue weighted by molar-refractivity contribution is -0.136. The van der Waals surface area contributed by atoms with Crippen molar-refractivity contribution in [2.24, 2.45) is 17.3 Å². The Morgan fingerprint density at radius 2 is 1.75 bits per heavy atom. The van der Waals surface area contributed by atoms with Crippen molar-refractivity contribution in [3.8, 4) is 0 Å². The summed E-state index contributed by atoms with van der Waals surface area (Å²) in [5, 5.41) is 2.44. The normalized spacial score (nSPS) is 30.7. The molecule has 4 atom stereocenters. The molecule has 4 rings (SSSR count). The van der Waals surface area contributed by atoms with E-state index in [4.69, 9.17) is 0 Å². The molecule has 2 amide bonds. The first-order chi connectivity index (χ1) is 11.3. The molecule has 3 aliphatic heterocycles. The number of ketones is 1. The van der Waals surface area contributed by atoms with Gasteiger partial charge in [-0.3, -0.25) is 19.7 Å². The predicted molar refractivity (Wildman–Crippen MR) is 88.4 cm³/mol. The van der Waals surface area contributed by atoms with Gasteiger partial charge in [-0.1, -0.05) is 45.0 Å². The Hall–Kier alpha value is -2.43. The Kier molecular flexibility index (Phi) is 3.02. The number of hydrogen-bond donors (Lipinski definition) is 1. The number of imide groups is 1. The van der Waals surface area contributed by atoms with Crippen molar-refractivity contribution in [1.29, 1.82) is 0 Å². The molecule has 0 radical (unpaired) electrons. The highest BCUT2D eigenvalue weighted by molar-refractivity contribution is 6.09. The molecule has 5 nitrogen and oxygen atoms in total. The SMILES string of the molecule is CC(C)(C)C(=O)[C@H]1[C@@H]2C(=O)NC(=O)[C@@H]2[C@H]2c3ccccc3C=CN21. The lowest BCUT2D eigenvalue weighted by Crippen LogP contribution is -2.46. The van der Waals surface area contributed by atoms with Gasteiger partial charge in [0.05, 0.1) is 17.9 Å². The molecule has 0 aromatic heterocycles. The van der Waals surface area contributed by atoms with E-state index in [1.165, 1.54) is 0 Å². The Morgan fingerprint density at radius 1 is 1.08 bits per heavy atom. The van der Waals surface area contributed by atoms with Gasteiger partial charge in [-0.25, -0.2) is 0 Å². The van der Waals surface area contributed by atoms with Crippen molar-refractivity contribution in [3.05, 3.63) is 41.6 Å². The molecule has 0 saturated carbocycles. The highest BCUT2D eigenvalue weighted by Crippen LogP contribution is 2.51. The highest BCUT2D eigenvalue weighted by Gasteiger charge is 2.62. The van der Waals surface area contributed by atoms with Gasteiger partial charge in [-0.2, -0.15) is 0 Å². The van der Waals surface area contributed by atoms with E-state index < -0.39 is 23.3 Å². The molecule has 0 aliphatic carbocycles. The summed E-state index contributed by atoms with van der Waals surface area (Å²) >= 11 is 0. The third-order valence-electron chi connectivity index (χ3n) is 5.31. The zero-order valence-electron chi connectivity index (χ0n) is 13.9. The molecule has 124 valence electrons. The topological polar surface area (TPSA) is 66.5 Å². The molecule has 5 heteroatoms. The molecule has 0 spiro atoms. The van der Waals surface area contributed by atoms with Crippen LogP contribution in [0.1, 0.15) is 37.9 Å². The summed E-state index contributed by atoms with van der Waals surface area (Å²) in [6.45, 7) is 5.57. The van der Waals surface area contributed by atoms with E-state index in [0.717, 1.165) is 11.1 Å². The Balaban J connectivity index is 1.88. The number of fused-ring (bicyclic) bond motifs is 5. The Morgan fingerprint density at radius 3 is 2.46 bits per heavy atom. The first kappa shape index (κ1) is 15.1. The van der Waals surface area contributed by atoms with E-state index in [1.54, 1.807) is 0 Å². The molecule has 3 aliphatic rings. The fourth-order valence-electron chi connectivity index (χ4n) is 4.22. The van der Waals surface area contributed by atoms with Gasteiger partial charge in [-0.05, 0) is 17.2 Å². The number of nitrogens with one attached hydrogen (secondary N) is 1. The smallest absolute Gasteiger partial charge is 0.233 e. The van der Waals surface area contributed by atoms with Gasteiger partial charge in [-0.15, -0.1) is 0 Å². The largest absolute Gasteiger partial charge is 0.359 e. The molecular weight excluding hydrogens is 304 g/mol. The number of hydrogen-bond acceptors (Lipinski definition) is 4. The van der Waals surface area contributed by atoms with Gasteiger partial charge >= 0.3 is 0 Å². The molecule has 2 saturated heterocycles. The van der Waals surface area contributed by atoms with Crippen LogP contribution in [0.2, 0.25) is 0 Å². The van der Waals surface area contributed by atoms with Gasteiger partial charge in [0.1, 0.15) is 6.04 Å². The van der Waals surface area contributed by atoms with E-state index >= 15 is 0 Å². The lowest BCUT2D eigenvalue weighted by atomic mass is 9.79. The third-order valence-corrected chi connectivity index (χ3v) is 5.31. The minimum absolute atomic E-state index is 0.00567. The zero-order valence-corrected chi connectivity index (χ0v) is 13.9. The van der Waals surface area contributed by atoms with E-state index in [0.29, 0.717) is 0 Å².